The highest BCUT2D eigenvalue weighted by Crippen LogP contribution is 2.06. The van der Waals surface area contributed by atoms with Crippen LogP contribution < -0.4 is 4.72 Å². The number of rotatable bonds is 9. The first kappa shape index (κ1) is 15.2. The molecule has 0 unspecified atom stereocenters. The molecule has 1 fully saturated rings. The molecule has 0 aromatic heterocycles. The standard InChI is InChI=1S/C12H26N2O2S/c1-3-6-14-7-9-16-12(10-14)11-15-8-4-5-13-17-2/h12-13H,3-11H2,1-2H3/t12-/m0/s1. The lowest BCUT2D eigenvalue weighted by molar-refractivity contribution is -0.0690. The molecule has 5 heteroatoms. The van der Waals surface area contributed by atoms with Gasteiger partial charge in [-0.2, -0.15) is 0 Å². The molecule has 0 bridgehead atoms. The van der Waals surface area contributed by atoms with Crippen LogP contribution in [0.15, 0.2) is 0 Å². The minimum Gasteiger partial charge on any atom is -0.379 e. The second kappa shape index (κ2) is 10.1. The van der Waals surface area contributed by atoms with Crippen LogP contribution in [0.3, 0.4) is 0 Å². The highest BCUT2D eigenvalue weighted by Gasteiger charge is 2.19. The van der Waals surface area contributed by atoms with Crippen molar-refractivity contribution in [1.82, 2.24) is 9.62 Å². The third-order valence-electron chi connectivity index (χ3n) is 2.78. The Bertz CT molecular complexity index is 182. The lowest BCUT2D eigenvalue weighted by Crippen LogP contribution is -2.44. The number of nitrogens with one attached hydrogen (secondary N) is 1. The molecule has 4 nitrogen and oxygen atoms in total. The minimum absolute atomic E-state index is 0.267. The summed E-state index contributed by atoms with van der Waals surface area (Å²) in [6.07, 6.45) is 4.59. The van der Waals surface area contributed by atoms with Crippen LogP contribution in [0.25, 0.3) is 0 Å². The van der Waals surface area contributed by atoms with Gasteiger partial charge in [-0.1, -0.05) is 18.9 Å². The van der Waals surface area contributed by atoms with E-state index in [1.54, 1.807) is 11.9 Å². The second-order valence-electron chi connectivity index (χ2n) is 4.32. The lowest BCUT2D eigenvalue weighted by atomic mass is 10.2. The van der Waals surface area contributed by atoms with Gasteiger partial charge in [0.15, 0.2) is 0 Å². The van der Waals surface area contributed by atoms with Crippen molar-refractivity contribution in [3.63, 3.8) is 0 Å². The van der Waals surface area contributed by atoms with Crippen LogP contribution in [0.4, 0.5) is 0 Å². The first-order valence-corrected chi connectivity index (χ1v) is 7.76. The zero-order chi connectivity index (χ0) is 12.3. The number of hydrogen-bond acceptors (Lipinski definition) is 5. The van der Waals surface area contributed by atoms with Crippen molar-refractivity contribution >= 4 is 11.9 Å². The van der Waals surface area contributed by atoms with Crippen molar-refractivity contribution in [2.45, 2.75) is 25.9 Å². The fraction of sp³-hybridized carbons (Fsp3) is 1.00. The maximum Gasteiger partial charge on any atom is 0.0935 e. The maximum absolute atomic E-state index is 5.70. The third kappa shape index (κ3) is 7.26. The quantitative estimate of drug-likeness (QED) is 0.501. The average Bonchev–Trinajstić information content (AvgIpc) is 2.35. The molecule has 1 rings (SSSR count). The van der Waals surface area contributed by atoms with Gasteiger partial charge >= 0.3 is 0 Å². The Morgan fingerprint density at radius 1 is 1.53 bits per heavy atom. The molecule has 0 aromatic carbocycles. The molecule has 0 amide bonds. The van der Waals surface area contributed by atoms with E-state index in [1.807, 2.05) is 6.26 Å². The molecule has 1 N–H and O–H groups in total. The van der Waals surface area contributed by atoms with E-state index in [9.17, 15) is 0 Å². The van der Waals surface area contributed by atoms with Crippen LogP contribution in [0.2, 0.25) is 0 Å². The van der Waals surface area contributed by atoms with Gasteiger partial charge in [0, 0.05) is 26.2 Å². The van der Waals surface area contributed by atoms with Gasteiger partial charge in [-0.05, 0) is 25.6 Å². The molecule has 0 aromatic rings. The normalized spacial score (nSPS) is 21.9. The molecule has 1 heterocycles. The Labute approximate surface area is 110 Å². The smallest absolute Gasteiger partial charge is 0.0935 e. The number of morpholine rings is 1. The van der Waals surface area contributed by atoms with Crippen LogP contribution in [0, 0.1) is 0 Å². The highest BCUT2D eigenvalue weighted by atomic mass is 32.2. The molecule has 0 radical (unpaired) electrons. The van der Waals surface area contributed by atoms with Crippen LogP contribution >= 0.6 is 11.9 Å². The SMILES string of the molecule is CCCN1CCO[C@H](COCCCNSC)C1. The van der Waals surface area contributed by atoms with Gasteiger partial charge in [0.05, 0.1) is 19.3 Å². The summed E-state index contributed by atoms with van der Waals surface area (Å²) in [6.45, 7) is 8.91. The number of nitrogens with zero attached hydrogens (tertiary/aromatic N) is 1. The molecule has 0 spiro atoms. The summed E-state index contributed by atoms with van der Waals surface area (Å²) < 4.78 is 14.5. The first-order valence-electron chi connectivity index (χ1n) is 6.54. The Morgan fingerprint density at radius 3 is 3.18 bits per heavy atom. The van der Waals surface area contributed by atoms with Crippen molar-refractivity contribution in [1.29, 1.82) is 0 Å². The predicted octanol–water partition coefficient (Wildman–Crippen LogP) is 1.37. The van der Waals surface area contributed by atoms with Gasteiger partial charge in [0.1, 0.15) is 0 Å². The highest BCUT2D eigenvalue weighted by molar-refractivity contribution is 7.96. The van der Waals surface area contributed by atoms with Crippen LogP contribution in [0.1, 0.15) is 19.8 Å². The monoisotopic (exact) mass is 262 g/mol. The summed E-state index contributed by atoms with van der Waals surface area (Å²) in [5.41, 5.74) is 0. The van der Waals surface area contributed by atoms with E-state index in [1.165, 1.54) is 13.0 Å². The Kier molecular flexibility index (Phi) is 9.10. The fourth-order valence-electron chi connectivity index (χ4n) is 1.96. The summed E-state index contributed by atoms with van der Waals surface area (Å²) in [6, 6.07) is 0. The third-order valence-corrected chi connectivity index (χ3v) is 3.27. The van der Waals surface area contributed by atoms with Crippen molar-refractivity contribution in [3.05, 3.63) is 0 Å². The van der Waals surface area contributed by atoms with Gasteiger partial charge in [0.25, 0.3) is 0 Å². The zero-order valence-electron chi connectivity index (χ0n) is 11.1. The largest absolute Gasteiger partial charge is 0.379 e. The van der Waals surface area contributed by atoms with Crippen molar-refractivity contribution < 1.29 is 9.47 Å². The molecule has 1 aliphatic rings. The van der Waals surface area contributed by atoms with Gasteiger partial charge in [-0.15, -0.1) is 0 Å². The van der Waals surface area contributed by atoms with Crippen molar-refractivity contribution in [3.8, 4) is 0 Å². The molecule has 17 heavy (non-hydrogen) atoms. The van der Waals surface area contributed by atoms with E-state index < -0.39 is 0 Å². The summed E-state index contributed by atoms with van der Waals surface area (Å²) in [4.78, 5) is 2.47. The molecule has 1 atom stereocenters. The van der Waals surface area contributed by atoms with E-state index >= 15 is 0 Å². The molecular weight excluding hydrogens is 236 g/mol. The van der Waals surface area contributed by atoms with Gasteiger partial charge in [0.2, 0.25) is 0 Å². The Morgan fingerprint density at radius 2 is 2.41 bits per heavy atom. The van der Waals surface area contributed by atoms with E-state index in [0.29, 0.717) is 0 Å². The summed E-state index contributed by atoms with van der Waals surface area (Å²) >= 11 is 1.66. The Hall–Kier alpha value is 0.190. The van der Waals surface area contributed by atoms with E-state index in [2.05, 4.69) is 16.5 Å². The van der Waals surface area contributed by atoms with Crippen LogP contribution in [0.5, 0.6) is 0 Å². The molecule has 0 saturated carbocycles. The number of ether oxygens (including phenoxy) is 2. The second-order valence-corrected chi connectivity index (χ2v) is 5.02. The molecule has 1 aliphatic heterocycles. The lowest BCUT2D eigenvalue weighted by Gasteiger charge is -2.32. The van der Waals surface area contributed by atoms with E-state index in [-0.39, 0.29) is 6.10 Å². The van der Waals surface area contributed by atoms with Crippen molar-refractivity contribution in [2.75, 3.05) is 52.3 Å². The number of hydrogen-bond donors (Lipinski definition) is 1. The maximum atomic E-state index is 5.70. The van der Waals surface area contributed by atoms with E-state index in [0.717, 1.165) is 45.9 Å². The van der Waals surface area contributed by atoms with Crippen LogP contribution in [-0.2, 0) is 9.47 Å². The predicted molar refractivity (Wildman–Crippen MR) is 73.4 cm³/mol. The summed E-state index contributed by atoms with van der Waals surface area (Å²) in [5, 5.41) is 0. The van der Waals surface area contributed by atoms with E-state index in [4.69, 9.17) is 9.47 Å². The molecular formula is C12H26N2O2S. The molecule has 1 saturated heterocycles. The fourth-order valence-corrected chi connectivity index (χ4v) is 2.31. The average molecular weight is 262 g/mol. The molecule has 0 aliphatic carbocycles. The zero-order valence-corrected chi connectivity index (χ0v) is 11.9. The minimum atomic E-state index is 0.267. The van der Waals surface area contributed by atoms with Gasteiger partial charge in [-0.25, -0.2) is 0 Å². The summed E-state index contributed by atoms with van der Waals surface area (Å²) in [5.74, 6) is 0. The van der Waals surface area contributed by atoms with Gasteiger partial charge in [-0.3, -0.25) is 9.62 Å². The Balaban J connectivity index is 1.98. The summed E-state index contributed by atoms with van der Waals surface area (Å²) in [7, 11) is 0. The molecule has 102 valence electrons. The van der Waals surface area contributed by atoms with Crippen LogP contribution in [-0.4, -0.2) is 63.3 Å². The van der Waals surface area contributed by atoms with Gasteiger partial charge < -0.3 is 9.47 Å². The first-order chi connectivity index (χ1) is 8.36. The van der Waals surface area contributed by atoms with Crippen molar-refractivity contribution in [2.24, 2.45) is 0 Å². The topological polar surface area (TPSA) is 33.7 Å².